The third-order valence-electron chi connectivity index (χ3n) is 4.22. The van der Waals surface area contributed by atoms with E-state index in [1.807, 2.05) is 0 Å². The molecule has 0 radical (unpaired) electrons. The zero-order valence-electron chi connectivity index (χ0n) is 7.79. The Morgan fingerprint density at radius 1 is 1.55 bits per heavy atom. The van der Waals surface area contributed by atoms with E-state index in [1.54, 1.807) is 0 Å². The number of rotatable bonds is 0. The van der Waals surface area contributed by atoms with Crippen molar-refractivity contribution < 1.29 is 6.48 Å². The predicted octanol–water partition coefficient (Wildman–Crippen LogP) is 1.95. The van der Waals surface area contributed by atoms with Crippen LogP contribution in [0.25, 0.3) is 0 Å². The molecule has 0 aromatic heterocycles. The van der Waals surface area contributed by atoms with Crippen molar-refractivity contribution in [3.8, 4) is 0 Å². The zero-order valence-corrected chi connectivity index (χ0v) is 6.79. The van der Waals surface area contributed by atoms with Crippen molar-refractivity contribution in [2.75, 3.05) is 0 Å². The van der Waals surface area contributed by atoms with Gasteiger partial charge in [-0.15, -0.1) is 0 Å². The van der Waals surface area contributed by atoms with Crippen LogP contribution in [0, 0.1) is 17.3 Å². The summed E-state index contributed by atoms with van der Waals surface area (Å²) in [7, 11) is 0. The first kappa shape index (κ1) is 5.58. The lowest BCUT2D eigenvalue weighted by Crippen LogP contribution is -2.25. The normalized spacial score (nSPS) is 68.3. The topological polar surface area (TPSA) is 20.2 Å². The first-order chi connectivity index (χ1) is 5.74. The molecule has 3 rings (SSSR count). The average Bonchev–Trinajstić information content (AvgIpc) is 2.60. The Balaban J connectivity index is 2.00. The highest BCUT2D eigenvalue weighted by Gasteiger charge is 2.57. The maximum absolute atomic E-state index is 9.74. The molecule has 3 saturated carbocycles. The third kappa shape index (κ3) is 0.658. The van der Waals surface area contributed by atoms with Crippen LogP contribution in [0.3, 0.4) is 0 Å². The van der Waals surface area contributed by atoms with Gasteiger partial charge in [0.15, 0.2) is 0 Å². The van der Waals surface area contributed by atoms with Crippen LogP contribution in [0.15, 0.2) is 0 Å². The Morgan fingerprint density at radius 2 is 2.45 bits per heavy atom. The molecule has 62 valence electrons. The van der Waals surface area contributed by atoms with Gasteiger partial charge in [-0.05, 0) is 49.3 Å². The van der Waals surface area contributed by atoms with Gasteiger partial charge in [0.2, 0.25) is 0 Å². The van der Waals surface area contributed by atoms with E-state index in [0.717, 1.165) is 12.3 Å². The van der Waals surface area contributed by atoms with Gasteiger partial charge in [-0.25, -0.2) is 0 Å². The van der Waals surface area contributed by atoms with Gasteiger partial charge < -0.3 is 5.11 Å². The number of aliphatic hydroxyl groups is 1. The van der Waals surface area contributed by atoms with E-state index in [4.69, 9.17) is 1.37 Å². The van der Waals surface area contributed by atoms with E-state index in [0.29, 0.717) is 5.92 Å². The molecule has 2 bridgehead atoms. The molecule has 0 unspecified atom stereocenters. The van der Waals surface area contributed by atoms with Gasteiger partial charge >= 0.3 is 0 Å². The van der Waals surface area contributed by atoms with Gasteiger partial charge in [-0.3, -0.25) is 0 Å². The number of hydrogen-bond donors (Lipinski definition) is 1. The monoisotopic (exact) mass is 153 g/mol. The lowest BCUT2D eigenvalue weighted by molar-refractivity contribution is 0.0748. The van der Waals surface area contributed by atoms with E-state index < -0.39 is 0 Å². The molecule has 1 spiro atoms. The Labute approximate surface area is 69.2 Å². The van der Waals surface area contributed by atoms with Crippen molar-refractivity contribution in [1.29, 1.82) is 0 Å². The van der Waals surface area contributed by atoms with Gasteiger partial charge in [0.1, 0.15) is 0 Å². The molecule has 0 saturated heterocycles. The summed E-state index contributed by atoms with van der Waals surface area (Å²) in [5.74, 6) is 1.28. The largest absolute Gasteiger partial charge is 0.393 e. The Morgan fingerprint density at radius 3 is 3.27 bits per heavy atom. The molecular formula is C10H16O. The van der Waals surface area contributed by atoms with Crippen molar-refractivity contribution in [1.82, 2.24) is 0 Å². The molecule has 0 aromatic carbocycles. The summed E-state index contributed by atoms with van der Waals surface area (Å²) < 4.78 is 7.99. The molecule has 0 aliphatic heterocycles. The van der Waals surface area contributed by atoms with Gasteiger partial charge in [0.25, 0.3) is 0 Å². The Kier molecular flexibility index (Phi) is 0.923. The minimum absolute atomic E-state index is 0.149. The highest BCUT2D eigenvalue weighted by molar-refractivity contribution is 5.07. The van der Waals surface area contributed by atoms with Crippen LogP contribution in [-0.4, -0.2) is 11.2 Å². The SMILES string of the molecule is [2H][C@H]1[C@@H](O)[C@@H]2C[C@H]3CCC[C@@]31C2. The highest BCUT2D eigenvalue weighted by atomic mass is 16.3. The maximum atomic E-state index is 9.74. The van der Waals surface area contributed by atoms with Crippen LogP contribution in [0.5, 0.6) is 0 Å². The first-order valence-corrected chi connectivity index (χ1v) is 4.84. The van der Waals surface area contributed by atoms with Crippen molar-refractivity contribution in [2.45, 2.75) is 44.6 Å². The summed E-state index contributed by atoms with van der Waals surface area (Å²) in [6.07, 6.45) is 5.80. The van der Waals surface area contributed by atoms with E-state index in [9.17, 15) is 5.11 Å². The quantitative estimate of drug-likeness (QED) is 0.564. The fourth-order valence-electron chi connectivity index (χ4n) is 3.75. The second kappa shape index (κ2) is 1.82. The summed E-state index contributed by atoms with van der Waals surface area (Å²) in [5.41, 5.74) is 0.268. The molecule has 0 amide bonds. The summed E-state index contributed by atoms with van der Waals surface area (Å²) in [5, 5.41) is 9.74. The minimum atomic E-state index is -0.292. The fourth-order valence-corrected chi connectivity index (χ4v) is 3.75. The lowest BCUT2D eigenvalue weighted by Gasteiger charge is -2.30. The van der Waals surface area contributed by atoms with Crippen LogP contribution in [0.2, 0.25) is 0 Å². The molecule has 0 aromatic rings. The van der Waals surface area contributed by atoms with Gasteiger partial charge in [0.05, 0.1) is 6.10 Å². The molecule has 3 fully saturated rings. The standard InChI is InChI=1S/C10H16O/c11-9-6-10-3-1-2-8(10)4-7(9)5-10/h7-9,11H,1-6H2/t7-,8-,9-,10+/m1/s1/i6D/t6-,7+,8+,9+,10-/m0. The molecule has 3 aliphatic rings. The van der Waals surface area contributed by atoms with E-state index in [2.05, 4.69) is 0 Å². The molecule has 0 heterocycles. The van der Waals surface area contributed by atoms with Crippen molar-refractivity contribution in [2.24, 2.45) is 17.3 Å². The summed E-state index contributed by atoms with van der Waals surface area (Å²) >= 11 is 0. The average molecular weight is 153 g/mol. The molecular weight excluding hydrogens is 136 g/mol. The van der Waals surface area contributed by atoms with Gasteiger partial charge in [0, 0.05) is 1.37 Å². The predicted molar refractivity (Wildman–Crippen MR) is 43.1 cm³/mol. The van der Waals surface area contributed by atoms with Crippen LogP contribution in [-0.2, 0) is 0 Å². The molecule has 1 nitrogen and oxygen atoms in total. The number of hydrogen-bond acceptors (Lipinski definition) is 1. The third-order valence-corrected chi connectivity index (χ3v) is 4.22. The van der Waals surface area contributed by atoms with Gasteiger partial charge in [-0.1, -0.05) is 6.42 Å². The Bertz CT molecular complexity index is 218. The Hall–Kier alpha value is -0.0400. The van der Waals surface area contributed by atoms with Gasteiger partial charge in [-0.2, -0.15) is 0 Å². The number of fused-ring (bicyclic) bond motifs is 1. The molecule has 1 heteroatoms. The van der Waals surface area contributed by atoms with Crippen molar-refractivity contribution >= 4 is 0 Å². The highest BCUT2D eigenvalue weighted by Crippen LogP contribution is 2.64. The van der Waals surface area contributed by atoms with E-state index in [-0.39, 0.29) is 17.9 Å². The van der Waals surface area contributed by atoms with E-state index >= 15 is 0 Å². The molecule has 3 aliphatic carbocycles. The fraction of sp³-hybridized carbons (Fsp3) is 1.00. The smallest absolute Gasteiger partial charge is 0.0574 e. The number of aliphatic hydroxyl groups excluding tert-OH is 1. The summed E-state index contributed by atoms with van der Waals surface area (Å²) in [4.78, 5) is 0. The zero-order chi connectivity index (χ0) is 8.34. The van der Waals surface area contributed by atoms with Crippen LogP contribution in [0.1, 0.15) is 39.9 Å². The lowest BCUT2D eigenvalue weighted by atomic mass is 9.77. The minimum Gasteiger partial charge on any atom is -0.393 e. The second-order valence-corrected chi connectivity index (χ2v) is 4.68. The van der Waals surface area contributed by atoms with Crippen LogP contribution >= 0.6 is 0 Å². The molecule has 5 atom stereocenters. The molecule has 11 heavy (non-hydrogen) atoms. The summed E-state index contributed by atoms with van der Waals surface area (Å²) in [6.45, 7) is 0. The van der Waals surface area contributed by atoms with Crippen LogP contribution in [0.4, 0.5) is 0 Å². The van der Waals surface area contributed by atoms with Crippen LogP contribution < -0.4 is 0 Å². The summed E-state index contributed by atoms with van der Waals surface area (Å²) in [6, 6.07) is 0. The van der Waals surface area contributed by atoms with Crippen molar-refractivity contribution in [3.63, 3.8) is 0 Å². The second-order valence-electron chi connectivity index (χ2n) is 4.68. The molecule has 1 N–H and O–H groups in total. The van der Waals surface area contributed by atoms with Crippen molar-refractivity contribution in [3.05, 3.63) is 0 Å². The first-order valence-electron chi connectivity index (χ1n) is 5.42. The maximum Gasteiger partial charge on any atom is 0.0574 e. The van der Waals surface area contributed by atoms with E-state index in [1.165, 1.54) is 25.7 Å².